The summed E-state index contributed by atoms with van der Waals surface area (Å²) in [6.45, 7) is 0.973. The van der Waals surface area contributed by atoms with Crippen LogP contribution in [0.3, 0.4) is 0 Å². The van der Waals surface area contributed by atoms with Crippen LogP contribution in [0.15, 0.2) is 29.9 Å². The normalized spacial score (nSPS) is 11.6. The van der Waals surface area contributed by atoms with Crippen molar-refractivity contribution < 1.29 is 13.6 Å². The van der Waals surface area contributed by atoms with Gasteiger partial charge in [-0.05, 0) is 36.9 Å². The maximum absolute atomic E-state index is 13.0. The molecule has 3 aromatic heterocycles. The molecule has 0 aromatic carbocycles. The van der Waals surface area contributed by atoms with Crippen LogP contribution in [-0.2, 0) is 4.79 Å². The van der Waals surface area contributed by atoms with Crippen molar-refractivity contribution in [2.45, 2.75) is 20.4 Å². The zero-order chi connectivity index (χ0) is 18.0. The number of anilines is 1. The smallest absolute Gasteiger partial charge is 0.298 e. The molecule has 0 spiro atoms. The summed E-state index contributed by atoms with van der Waals surface area (Å²) >= 11 is 2.66. The summed E-state index contributed by atoms with van der Waals surface area (Å²) in [5, 5.41) is 4.95. The highest BCUT2D eigenvalue weighted by Gasteiger charge is 2.19. The highest BCUT2D eigenvalue weighted by Crippen LogP contribution is 2.33. The van der Waals surface area contributed by atoms with E-state index in [9.17, 15) is 13.6 Å². The molecule has 0 saturated carbocycles. The van der Waals surface area contributed by atoms with Gasteiger partial charge in [0.2, 0.25) is 5.91 Å². The monoisotopic (exact) mass is 380 g/mol. The second kappa shape index (κ2) is 7.24. The van der Waals surface area contributed by atoms with Gasteiger partial charge >= 0.3 is 6.55 Å². The molecule has 3 heterocycles. The number of aromatic nitrogens is 3. The molecule has 0 unspecified atom stereocenters. The number of thiazole rings is 1. The highest BCUT2D eigenvalue weighted by molar-refractivity contribution is 7.19. The number of alkyl halides is 2. The van der Waals surface area contributed by atoms with E-state index in [1.165, 1.54) is 18.5 Å². The van der Waals surface area contributed by atoms with Gasteiger partial charge in [0.15, 0.2) is 11.0 Å². The van der Waals surface area contributed by atoms with E-state index in [1.807, 2.05) is 18.4 Å². The Bertz CT molecular complexity index is 926. The Morgan fingerprint density at radius 3 is 2.88 bits per heavy atom. The second-order valence-corrected chi connectivity index (χ2v) is 7.11. The number of hydrogen-bond donors (Lipinski definition) is 1. The average molecular weight is 380 g/mol. The summed E-state index contributed by atoms with van der Waals surface area (Å²) < 4.78 is 26.8. The standard InChI is InChI=1S/C16H14F2N4OS2/c1-9-5-8-24-11(9)3-4-12(23)21-16-20-10(2)13(25-16)14-19-6-7-22(14)15(17)18/h3-8,15H,1-2H3,(H,20,21,23). The van der Waals surface area contributed by atoms with Crippen molar-refractivity contribution in [3.05, 3.63) is 46.1 Å². The van der Waals surface area contributed by atoms with Crippen LogP contribution in [0.4, 0.5) is 13.9 Å². The number of carbonyl (C=O) groups excluding carboxylic acids is 1. The Kier molecular flexibility index (Phi) is 5.05. The molecule has 5 nitrogen and oxygen atoms in total. The van der Waals surface area contributed by atoms with Crippen LogP contribution in [-0.4, -0.2) is 20.4 Å². The number of nitrogens with zero attached hydrogens (tertiary/aromatic N) is 3. The second-order valence-electron chi connectivity index (χ2n) is 5.16. The number of hydrogen-bond acceptors (Lipinski definition) is 5. The zero-order valence-electron chi connectivity index (χ0n) is 13.4. The summed E-state index contributed by atoms with van der Waals surface area (Å²) in [6, 6.07) is 1.98. The van der Waals surface area contributed by atoms with E-state index in [2.05, 4.69) is 15.3 Å². The molecule has 0 aliphatic heterocycles. The van der Waals surface area contributed by atoms with Crippen LogP contribution in [0.5, 0.6) is 0 Å². The number of aryl methyl sites for hydroxylation is 2. The van der Waals surface area contributed by atoms with Gasteiger partial charge in [-0.2, -0.15) is 8.78 Å². The predicted molar refractivity (Wildman–Crippen MR) is 96.0 cm³/mol. The Labute approximate surface area is 150 Å². The molecule has 1 N–H and O–H groups in total. The van der Waals surface area contributed by atoms with Crippen LogP contribution in [0.1, 0.15) is 22.7 Å². The van der Waals surface area contributed by atoms with Crippen molar-refractivity contribution in [2.24, 2.45) is 0 Å². The lowest BCUT2D eigenvalue weighted by atomic mass is 10.3. The quantitative estimate of drug-likeness (QED) is 0.651. The van der Waals surface area contributed by atoms with E-state index in [0.29, 0.717) is 15.7 Å². The van der Waals surface area contributed by atoms with E-state index in [1.54, 1.807) is 24.3 Å². The summed E-state index contributed by atoms with van der Waals surface area (Å²) in [4.78, 5) is 21.7. The van der Waals surface area contributed by atoms with Crippen LogP contribution in [0.2, 0.25) is 0 Å². The first-order valence-corrected chi connectivity index (χ1v) is 8.97. The van der Waals surface area contributed by atoms with Gasteiger partial charge in [-0.3, -0.25) is 14.7 Å². The minimum absolute atomic E-state index is 0.134. The molecule has 0 bridgehead atoms. The SMILES string of the molecule is Cc1ccsc1C=CC(=O)Nc1nc(C)c(-c2nccn2C(F)F)s1. The molecule has 25 heavy (non-hydrogen) atoms. The van der Waals surface area contributed by atoms with Crippen molar-refractivity contribution in [3.63, 3.8) is 0 Å². The number of imidazole rings is 1. The molecule has 0 radical (unpaired) electrons. The zero-order valence-corrected chi connectivity index (χ0v) is 15.0. The van der Waals surface area contributed by atoms with E-state index in [-0.39, 0.29) is 11.7 Å². The lowest BCUT2D eigenvalue weighted by molar-refractivity contribution is -0.111. The fourth-order valence-corrected chi connectivity index (χ4v) is 3.95. The van der Waals surface area contributed by atoms with Gasteiger partial charge in [0, 0.05) is 23.3 Å². The molecule has 0 atom stereocenters. The number of carbonyl (C=O) groups is 1. The van der Waals surface area contributed by atoms with Gasteiger partial charge in [0.1, 0.15) is 0 Å². The van der Waals surface area contributed by atoms with Crippen molar-refractivity contribution >= 4 is 39.8 Å². The Morgan fingerprint density at radius 1 is 1.40 bits per heavy atom. The predicted octanol–water partition coefficient (Wildman–Crippen LogP) is 4.73. The molecule has 3 rings (SSSR count). The van der Waals surface area contributed by atoms with Gasteiger partial charge in [-0.25, -0.2) is 9.97 Å². The van der Waals surface area contributed by atoms with Crippen LogP contribution in [0, 0.1) is 13.8 Å². The molecular weight excluding hydrogens is 366 g/mol. The number of halogens is 2. The van der Waals surface area contributed by atoms with E-state index in [4.69, 9.17) is 0 Å². The first kappa shape index (κ1) is 17.4. The minimum atomic E-state index is -2.69. The van der Waals surface area contributed by atoms with Gasteiger partial charge in [-0.15, -0.1) is 11.3 Å². The van der Waals surface area contributed by atoms with Gasteiger partial charge in [-0.1, -0.05) is 11.3 Å². The van der Waals surface area contributed by atoms with Gasteiger partial charge in [0.05, 0.1) is 10.6 Å². The van der Waals surface area contributed by atoms with Gasteiger partial charge < -0.3 is 0 Å². The fourth-order valence-electron chi connectivity index (χ4n) is 2.16. The summed E-state index contributed by atoms with van der Waals surface area (Å²) in [5.41, 5.74) is 1.63. The van der Waals surface area contributed by atoms with E-state index >= 15 is 0 Å². The number of thiophene rings is 1. The Balaban J connectivity index is 1.76. The summed E-state index contributed by atoms with van der Waals surface area (Å²) in [5.74, 6) is -0.194. The highest BCUT2D eigenvalue weighted by atomic mass is 32.1. The Morgan fingerprint density at radius 2 is 2.20 bits per heavy atom. The molecule has 0 aliphatic carbocycles. The summed E-state index contributed by atoms with van der Waals surface area (Å²) in [7, 11) is 0. The topological polar surface area (TPSA) is 59.8 Å². The maximum atomic E-state index is 13.0. The van der Waals surface area contributed by atoms with Crippen molar-refractivity contribution in [1.82, 2.24) is 14.5 Å². The molecule has 9 heteroatoms. The minimum Gasteiger partial charge on any atom is -0.298 e. The number of nitrogens with one attached hydrogen (secondary N) is 1. The third kappa shape index (κ3) is 3.83. The first-order chi connectivity index (χ1) is 12.0. The Hall–Kier alpha value is -2.39. The van der Waals surface area contributed by atoms with Crippen LogP contribution >= 0.6 is 22.7 Å². The lowest BCUT2D eigenvalue weighted by Gasteiger charge is -2.04. The molecule has 130 valence electrons. The van der Waals surface area contributed by atoms with E-state index in [0.717, 1.165) is 26.3 Å². The molecule has 0 fully saturated rings. The molecule has 1 amide bonds. The molecule has 0 aliphatic rings. The van der Waals surface area contributed by atoms with E-state index < -0.39 is 6.55 Å². The molecule has 3 aromatic rings. The fraction of sp³-hybridized carbons (Fsp3) is 0.188. The maximum Gasteiger partial charge on any atom is 0.320 e. The van der Waals surface area contributed by atoms with Crippen molar-refractivity contribution in [2.75, 3.05) is 5.32 Å². The summed E-state index contributed by atoms with van der Waals surface area (Å²) in [6.07, 6.45) is 5.68. The van der Waals surface area contributed by atoms with Crippen molar-refractivity contribution in [3.8, 4) is 10.7 Å². The molecular formula is C16H14F2N4OS2. The van der Waals surface area contributed by atoms with Gasteiger partial charge in [0.25, 0.3) is 0 Å². The van der Waals surface area contributed by atoms with Crippen LogP contribution in [0.25, 0.3) is 16.8 Å². The average Bonchev–Trinajstić information content (AvgIpc) is 3.25. The number of rotatable bonds is 5. The third-order valence-electron chi connectivity index (χ3n) is 3.40. The largest absolute Gasteiger partial charge is 0.320 e. The van der Waals surface area contributed by atoms with Crippen molar-refractivity contribution in [1.29, 1.82) is 0 Å². The lowest BCUT2D eigenvalue weighted by Crippen LogP contribution is -2.07. The van der Waals surface area contributed by atoms with Crippen LogP contribution < -0.4 is 5.32 Å². The molecule has 0 saturated heterocycles. The third-order valence-corrected chi connectivity index (χ3v) is 5.45. The first-order valence-electron chi connectivity index (χ1n) is 7.27. The number of amides is 1.